The number of carbonyl (C=O) groups is 1. The number of hydrogen-bond acceptors (Lipinski definition) is 5. The second-order valence-electron chi connectivity index (χ2n) is 6.49. The zero-order valence-corrected chi connectivity index (χ0v) is 14.5. The molecule has 0 aliphatic heterocycles. The molecule has 0 rings (SSSR count). The summed E-state index contributed by atoms with van der Waals surface area (Å²) in [6.45, 7) is 11.4. The van der Waals surface area contributed by atoms with Gasteiger partial charge < -0.3 is 19.8 Å². The highest BCUT2D eigenvalue weighted by Crippen LogP contribution is 2.37. The second-order valence-corrected chi connectivity index (χ2v) is 11.2. The van der Waals surface area contributed by atoms with Crippen molar-refractivity contribution in [3.63, 3.8) is 0 Å². The second kappa shape index (κ2) is 7.81. The lowest BCUT2D eigenvalue weighted by atomic mass is 9.86. The van der Waals surface area contributed by atoms with E-state index >= 15 is 0 Å². The van der Waals surface area contributed by atoms with Gasteiger partial charge >= 0.3 is 13.0 Å². The van der Waals surface area contributed by atoms with Crippen molar-refractivity contribution in [1.82, 2.24) is 5.23 Å². The highest BCUT2D eigenvalue weighted by atomic mass is 28.4. The number of hydrogen-bond donors (Lipinski definition) is 3. The van der Waals surface area contributed by atoms with Crippen LogP contribution in [0.4, 0.5) is 0 Å². The summed E-state index contributed by atoms with van der Waals surface area (Å²) < 4.78 is 6.05. The lowest BCUT2D eigenvalue weighted by Crippen LogP contribution is -2.57. The maximum atomic E-state index is 11.4. The monoisotopic (exact) mass is 316 g/mol. The number of nitrogens with zero attached hydrogens (tertiary/aromatic N) is 3. The normalized spacial score (nSPS) is 15.0. The number of azide groups is 1. The molecule has 0 heterocycles. The minimum Gasteiger partial charge on any atom is -0.480 e. The summed E-state index contributed by atoms with van der Waals surface area (Å²) in [5, 5.41) is 24.6. The van der Waals surface area contributed by atoms with E-state index in [1.54, 1.807) is 0 Å². The first-order chi connectivity index (χ1) is 9.42. The smallest absolute Gasteiger partial charge is 0.374 e. The van der Waals surface area contributed by atoms with Gasteiger partial charge in [-0.05, 0) is 30.5 Å². The van der Waals surface area contributed by atoms with E-state index in [1.807, 2.05) is 33.9 Å². The fourth-order valence-electron chi connectivity index (χ4n) is 1.48. The summed E-state index contributed by atoms with van der Waals surface area (Å²) in [6, 6.07) is -1.15. The van der Waals surface area contributed by atoms with Crippen LogP contribution in [0.25, 0.3) is 10.4 Å². The van der Waals surface area contributed by atoms with E-state index in [-0.39, 0.29) is 11.6 Å². The number of rotatable bonds is 8. The molecular weight excluding hydrogens is 291 g/mol. The first-order valence-electron chi connectivity index (χ1n) is 6.78. The molecule has 0 aliphatic carbocycles. The lowest BCUT2D eigenvalue weighted by molar-refractivity contribution is -0.141. The van der Waals surface area contributed by atoms with Crippen molar-refractivity contribution in [2.45, 2.75) is 57.9 Å². The predicted octanol–water partition coefficient (Wildman–Crippen LogP) is 1.84. The van der Waals surface area contributed by atoms with Gasteiger partial charge in [-0.1, -0.05) is 25.9 Å². The van der Waals surface area contributed by atoms with E-state index in [4.69, 9.17) is 9.96 Å². The summed E-state index contributed by atoms with van der Waals surface area (Å²) in [6.07, 6.45) is -0.839. The molecule has 0 spiro atoms. The van der Waals surface area contributed by atoms with Crippen molar-refractivity contribution < 1.29 is 19.4 Å². The van der Waals surface area contributed by atoms with Gasteiger partial charge in [-0.15, -0.1) is 0 Å². The molecule has 0 aromatic heterocycles. The number of carboxylic acids is 1. The molecule has 0 amide bonds. The van der Waals surface area contributed by atoms with E-state index in [1.165, 1.54) is 6.82 Å². The molecule has 0 aromatic carbocycles. The summed E-state index contributed by atoms with van der Waals surface area (Å²) >= 11 is 0. The quantitative estimate of drug-likeness (QED) is 0.272. The van der Waals surface area contributed by atoms with Gasteiger partial charge in [0.1, 0.15) is 6.04 Å². The zero-order chi connectivity index (χ0) is 16.8. The molecule has 120 valence electrons. The fraction of sp³-hybridized carbons (Fsp3) is 0.909. The molecule has 3 N–H and O–H groups in total. The first kappa shape index (κ1) is 19.9. The van der Waals surface area contributed by atoms with Gasteiger partial charge in [-0.3, -0.25) is 4.79 Å². The average Bonchev–Trinajstić information content (AvgIpc) is 2.29. The Morgan fingerprint density at radius 3 is 2.38 bits per heavy atom. The maximum absolute atomic E-state index is 11.4. The van der Waals surface area contributed by atoms with Crippen LogP contribution in [0.15, 0.2) is 5.11 Å². The van der Waals surface area contributed by atoms with Crippen LogP contribution in [-0.4, -0.2) is 50.2 Å². The summed E-state index contributed by atoms with van der Waals surface area (Å²) in [7, 11) is -3.26. The summed E-state index contributed by atoms with van der Waals surface area (Å²) in [5.74, 6) is -1.16. The molecular formula is C11H25BN4O4Si. The molecule has 8 nitrogen and oxygen atoms in total. The molecule has 0 saturated carbocycles. The van der Waals surface area contributed by atoms with Crippen LogP contribution in [0, 0.1) is 0 Å². The maximum Gasteiger partial charge on any atom is 0.374 e. The van der Waals surface area contributed by atoms with Crippen LogP contribution in [0.3, 0.4) is 0 Å². The minimum atomic E-state index is -2.25. The molecule has 0 fully saturated rings. The molecule has 0 bridgehead atoms. The summed E-state index contributed by atoms with van der Waals surface area (Å²) in [4.78, 5) is 14.1. The minimum absolute atomic E-state index is 0.111. The van der Waals surface area contributed by atoms with E-state index in [0.717, 1.165) is 0 Å². The van der Waals surface area contributed by atoms with Crippen LogP contribution in [-0.2, 0) is 9.22 Å². The van der Waals surface area contributed by atoms with Crippen LogP contribution < -0.4 is 5.23 Å². The molecule has 0 radical (unpaired) electrons. The first-order valence-corrected chi connectivity index (χ1v) is 9.69. The Balaban J connectivity index is 5.34. The molecule has 0 aliphatic rings. The van der Waals surface area contributed by atoms with E-state index in [2.05, 4.69) is 15.3 Å². The lowest BCUT2D eigenvalue weighted by Gasteiger charge is -2.40. The van der Waals surface area contributed by atoms with Gasteiger partial charge in [0.05, 0.1) is 12.6 Å². The summed E-state index contributed by atoms with van der Waals surface area (Å²) in [5.41, 5.74) is 8.47. The zero-order valence-electron chi connectivity index (χ0n) is 13.5. The van der Waals surface area contributed by atoms with E-state index in [0.29, 0.717) is 0 Å². The Morgan fingerprint density at radius 2 is 2.05 bits per heavy atom. The predicted molar refractivity (Wildman–Crippen MR) is 84.5 cm³/mol. The fourth-order valence-corrected chi connectivity index (χ4v) is 2.80. The Morgan fingerprint density at radius 1 is 1.52 bits per heavy atom. The molecule has 0 unspecified atom stereocenters. The molecule has 21 heavy (non-hydrogen) atoms. The number of nitrogens with one attached hydrogen (secondary N) is 1. The molecule has 0 saturated heterocycles. The third-order valence-corrected chi connectivity index (χ3v) is 8.14. The third-order valence-electron chi connectivity index (χ3n) is 3.64. The standard InChI is InChI=1S/C11H25BN4O4Si/c1-11(2,3)21(5,6)20-8(7-14-16-13)9(10(17)18)15-12(4)19/h8-9,15,19H,7H2,1-6H3,(H,17,18)/t8-,9+/m1/s1. The van der Waals surface area contributed by atoms with Crippen molar-refractivity contribution in [2.75, 3.05) is 6.54 Å². The average molecular weight is 316 g/mol. The van der Waals surface area contributed by atoms with Crippen molar-refractivity contribution in [2.24, 2.45) is 5.11 Å². The molecule has 2 atom stereocenters. The topological polar surface area (TPSA) is 128 Å². The van der Waals surface area contributed by atoms with Gasteiger partial charge in [0.2, 0.25) is 0 Å². The van der Waals surface area contributed by atoms with Crippen LogP contribution >= 0.6 is 0 Å². The van der Waals surface area contributed by atoms with Gasteiger partial charge in [0.25, 0.3) is 0 Å². The highest BCUT2D eigenvalue weighted by molar-refractivity contribution is 6.74. The van der Waals surface area contributed by atoms with Crippen molar-refractivity contribution in [3.8, 4) is 0 Å². The van der Waals surface area contributed by atoms with Crippen LogP contribution in [0.5, 0.6) is 0 Å². The van der Waals surface area contributed by atoms with Gasteiger partial charge in [-0.25, -0.2) is 0 Å². The van der Waals surface area contributed by atoms with Crippen molar-refractivity contribution in [1.29, 1.82) is 0 Å². The molecule has 10 heteroatoms. The van der Waals surface area contributed by atoms with Gasteiger partial charge in [0, 0.05) is 4.91 Å². The van der Waals surface area contributed by atoms with E-state index < -0.39 is 33.5 Å². The largest absolute Gasteiger partial charge is 0.480 e. The Kier molecular flexibility index (Phi) is 7.42. The van der Waals surface area contributed by atoms with Gasteiger partial charge in [0.15, 0.2) is 8.32 Å². The van der Waals surface area contributed by atoms with Crippen LogP contribution in [0.2, 0.25) is 25.0 Å². The van der Waals surface area contributed by atoms with Gasteiger partial charge in [-0.2, -0.15) is 0 Å². The highest BCUT2D eigenvalue weighted by Gasteiger charge is 2.42. The SMILES string of the molecule is CB(O)N[C@H](C(=O)O)[C@@H](CN=[N+]=[N-])O[Si](C)(C)C(C)(C)C. The number of carboxylic acid groups (broad SMARTS) is 1. The Hall–Kier alpha value is -1.06. The Bertz CT molecular complexity index is 408. The van der Waals surface area contributed by atoms with E-state index in [9.17, 15) is 14.9 Å². The third kappa shape index (κ3) is 6.49. The number of aliphatic carboxylic acids is 1. The molecule has 0 aromatic rings. The Labute approximate surface area is 126 Å². The van der Waals surface area contributed by atoms with Crippen molar-refractivity contribution in [3.05, 3.63) is 10.4 Å². The van der Waals surface area contributed by atoms with Crippen molar-refractivity contribution >= 4 is 21.3 Å². The van der Waals surface area contributed by atoms with Crippen LogP contribution in [0.1, 0.15) is 20.8 Å².